The standard InChI is InChI=1S/C12H13N3O2/c1-7-8(2)14-15-11(7)13-12(17)9-5-3-4-6-10(9)16/h3-6,16H,1-2H3,(H2,13,14,15,17). The van der Waals surface area contributed by atoms with Crippen molar-refractivity contribution in [2.45, 2.75) is 13.8 Å². The summed E-state index contributed by atoms with van der Waals surface area (Å²) in [7, 11) is 0. The van der Waals surface area contributed by atoms with Gasteiger partial charge in [-0.1, -0.05) is 12.1 Å². The molecule has 0 aliphatic heterocycles. The molecule has 2 rings (SSSR count). The molecule has 0 saturated carbocycles. The minimum absolute atomic E-state index is 0.0464. The van der Waals surface area contributed by atoms with Gasteiger partial charge in [-0.2, -0.15) is 5.10 Å². The van der Waals surface area contributed by atoms with Crippen molar-refractivity contribution in [3.63, 3.8) is 0 Å². The number of phenolic OH excluding ortho intramolecular Hbond substituents is 1. The normalized spacial score (nSPS) is 10.2. The van der Waals surface area contributed by atoms with Crippen molar-refractivity contribution in [3.05, 3.63) is 41.1 Å². The largest absolute Gasteiger partial charge is 0.507 e. The number of anilines is 1. The summed E-state index contributed by atoms with van der Waals surface area (Å²) in [5, 5.41) is 18.9. The van der Waals surface area contributed by atoms with E-state index in [9.17, 15) is 9.90 Å². The molecular weight excluding hydrogens is 218 g/mol. The van der Waals surface area contributed by atoms with E-state index < -0.39 is 0 Å². The molecule has 0 aliphatic rings. The van der Waals surface area contributed by atoms with Gasteiger partial charge in [0.05, 0.1) is 5.56 Å². The Morgan fingerprint density at radius 1 is 1.35 bits per heavy atom. The zero-order chi connectivity index (χ0) is 12.4. The number of carbonyl (C=O) groups is 1. The van der Waals surface area contributed by atoms with Crippen LogP contribution in [0.5, 0.6) is 5.75 Å². The highest BCUT2D eigenvalue weighted by Crippen LogP contribution is 2.19. The van der Waals surface area contributed by atoms with Crippen molar-refractivity contribution in [3.8, 4) is 5.75 Å². The van der Waals surface area contributed by atoms with Crippen LogP contribution in [-0.4, -0.2) is 21.2 Å². The third kappa shape index (κ3) is 2.13. The second-order valence-electron chi connectivity index (χ2n) is 3.79. The van der Waals surface area contributed by atoms with E-state index in [4.69, 9.17) is 0 Å². The van der Waals surface area contributed by atoms with Crippen LogP contribution >= 0.6 is 0 Å². The Labute approximate surface area is 98.5 Å². The molecule has 1 amide bonds. The number of H-pyrrole nitrogens is 1. The second-order valence-corrected chi connectivity index (χ2v) is 3.79. The highest BCUT2D eigenvalue weighted by molar-refractivity contribution is 6.05. The van der Waals surface area contributed by atoms with E-state index in [0.29, 0.717) is 5.82 Å². The molecule has 5 heteroatoms. The summed E-state index contributed by atoms with van der Waals surface area (Å²) >= 11 is 0. The molecule has 0 radical (unpaired) electrons. The van der Waals surface area contributed by atoms with Crippen LogP contribution in [0.1, 0.15) is 21.6 Å². The van der Waals surface area contributed by atoms with Crippen LogP contribution in [0.15, 0.2) is 24.3 Å². The number of phenols is 1. The highest BCUT2D eigenvalue weighted by Gasteiger charge is 2.13. The van der Waals surface area contributed by atoms with Gasteiger partial charge >= 0.3 is 0 Å². The fraction of sp³-hybridized carbons (Fsp3) is 0.167. The number of aromatic nitrogens is 2. The number of hydrogen-bond donors (Lipinski definition) is 3. The molecule has 0 fully saturated rings. The van der Waals surface area contributed by atoms with Crippen molar-refractivity contribution >= 4 is 11.7 Å². The van der Waals surface area contributed by atoms with E-state index in [2.05, 4.69) is 15.5 Å². The predicted molar refractivity (Wildman–Crippen MR) is 64.1 cm³/mol. The molecule has 0 unspecified atom stereocenters. The number of hydrogen-bond acceptors (Lipinski definition) is 3. The molecule has 1 aromatic heterocycles. The third-order valence-corrected chi connectivity index (χ3v) is 2.63. The van der Waals surface area contributed by atoms with E-state index in [0.717, 1.165) is 11.3 Å². The number of aromatic amines is 1. The van der Waals surface area contributed by atoms with Gasteiger partial charge in [-0.25, -0.2) is 0 Å². The lowest BCUT2D eigenvalue weighted by molar-refractivity contribution is 0.102. The number of amides is 1. The Hall–Kier alpha value is -2.30. The minimum atomic E-state index is -0.377. The second kappa shape index (κ2) is 4.29. The number of rotatable bonds is 2. The first-order chi connectivity index (χ1) is 8.09. The Bertz CT molecular complexity index is 561. The van der Waals surface area contributed by atoms with Gasteiger partial charge in [0.15, 0.2) is 5.82 Å². The summed E-state index contributed by atoms with van der Waals surface area (Å²) in [6, 6.07) is 6.38. The van der Waals surface area contributed by atoms with Gasteiger partial charge in [0, 0.05) is 11.3 Å². The molecule has 2 aromatic rings. The van der Waals surface area contributed by atoms with E-state index in [1.54, 1.807) is 18.2 Å². The highest BCUT2D eigenvalue weighted by atomic mass is 16.3. The minimum Gasteiger partial charge on any atom is -0.507 e. The quantitative estimate of drug-likeness (QED) is 0.739. The molecule has 0 atom stereocenters. The number of nitrogens with zero attached hydrogens (tertiary/aromatic N) is 1. The van der Waals surface area contributed by atoms with Crippen LogP contribution < -0.4 is 5.32 Å². The SMILES string of the molecule is Cc1[nH]nc(NC(=O)c2ccccc2O)c1C. The van der Waals surface area contributed by atoms with E-state index >= 15 is 0 Å². The lowest BCUT2D eigenvalue weighted by Crippen LogP contribution is -2.13. The molecule has 1 aromatic carbocycles. The van der Waals surface area contributed by atoms with Crippen molar-refractivity contribution in [2.75, 3.05) is 5.32 Å². The number of carbonyl (C=O) groups excluding carboxylic acids is 1. The van der Waals surface area contributed by atoms with Gasteiger partial charge in [0.25, 0.3) is 5.91 Å². The number of aryl methyl sites for hydroxylation is 1. The topological polar surface area (TPSA) is 78.0 Å². The lowest BCUT2D eigenvalue weighted by Gasteiger charge is -2.04. The molecule has 3 N–H and O–H groups in total. The molecule has 0 spiro atoms. The van der Waals surface area contributed by atoms with Gasteiger partial charge in [0.1, 0.15) is 5.75 Å². The molecule has 5 nitrogen and oxygen atoms in total. The maximum atomic E-state index is 11.9. The number of nitrogens with one attached hydrogen (secondary N) is 2. The molecule has 0 bridgehead atoms. The van der Waals surface area contributed by atoms with Gasteiger partial charge in [-0.15, -0.1) is 0 Å². The van der Waals surface area contributed by atoms with E-state index in [-0.39, 0.29) is 17.2 Å². The Morgan fingerprint density at radius 3 is 2.65 bits per heavy atom. The first kappa shape index (κ1) is 11.2. The van der Waals surface area contributed by atoms with Gasteiger partial charge in [0.2, 0.25) is 0 Å². The Morgan fingerprint density at radius 2 is 2.06 bits per heavy atom. The zero-order valence-corrected chi connectivity index (χ0v) is 9.61. The number of benzene rings is 1. The number of aromatic hydroxyl groups is 1. The fourth-order valence-corrected chi connectivity index (χ4v) is 1.45. The Balaban J connectivity index is 2.23. The predicted octanol–water partition coefficient (Wildman–Crippen LogP) is 1.98. The lowest BCUT2D eigenvalue weighted by atomic mass is 10.2. The summed E-state index contributed by atoms with van der Waals surface area (Å²) in [6.07, 6.45) is 0. The Kier molecular flexibility index (Phi) is 2.82. The summed E-state index contributed by atoms with van der Waals surface area (Å²) in [6.45, 7) is 3.73. The molecule has 0 saturated heterocycles. The van der Waals surface area contributed by atoms with Crippen molar-refractivity contribution < 1.29 is 9.90 Å². The average molecular weight is 231 g/mol. The summed E-state index contributed by atoms with van der Waals surface area (Å²) in [5.41, 5.74) is 2.01. The fourth-order valence-electron chi connectivity index (χ4n) is 1.45. The maximum absolute atomic E-state index is 11.9. The summed E-state index contributed by atoms with van der Waals surface area (Å²) in [4.78, 5) is 11.9. The van der Waals surface area contributed by atoms with Crippen LogP contribution in [0, 0.1) is 13.8 Å². The smallest absolute Gasteiger partial charge is 0.260 e. The maximum Gasteiger partial charge on any atom is 0.260 e. The van der Waals surface area contributed by atoms with E-state index in [1.807, 2.05) is 13.8 Å². The van der Waals surface area contributed by atoms with Crippen LogP contribution in [0.25, 0.3) is 0 Å². The van der Waals surface area contributed by atoms with Crippen molar-refractivity contribution in [1.82, 2.24) is 10.2 Å². The van der Waals surface area contributed by atoms with Crippen molar-refractivity contribution in [2.24, 2.45) is 0 Å². The molecule has 88 valence electrons. The molecule has 17 heavy (non-hydrogen) atoms. The van der Waals surface area contributed by atoms with Crippen LogP contribution in [0.4, 0.5) is 5.82 Å². The molecule has 0 aliphatic carbocycles. The molecule has 1 heterocycles. The first-order valence-corrected chi connectivity index (χ1v) is 5.20. The monoisotopic (exact) mass is 231 g/mol. The first-order valence-electron chi connectivity index (χ1n) is 5.20. The summed E-state index contributed by atoms with van der Waals surface area (Å²) in [5.74, 6) is 0.0587. The van der Waals surface area contributed by atoms with Gasteiger partial charge in [-0.05, 0) is 26.0 Å². The molecular formula is C12H13N3O2. The van der Waals surface area contributed by atoms with Crippen LogP contribution in [0.2, 0.25) is 0 Å². The van der Waals surface area contributed by atoms with Gasteiger partial charge < -0.3 is 10.4 Å². The third-order valence-electron chi connectivity index (χ3n) is 2.63. The van der Waals surface area contributed by atoms with E-state index in [1.165, 1.54) is 6.07 Å². The van der Waals surface area contributed by atoms with Crippen LogP contribution in [0.3, 0.4) is 0 Å². The average Bonchev–Trinajstić information content (AvgIpc) is 2.61. The summed E-state index contributed by atoms with van der Waals surface area (Å²) < 4.78 is 0. The number of para-hydroxylation sites is 1. The van der Waals surface area contributed by atoms with Crippen LogP contribution in [-0.2, 0) is 0 Å². The van der Waals surface area contributed by atoms with Gasteiger partial charge in [-0.3, -0.25) is 9.89 Å². The van der Waals surface area contributed by atoms with Crippen molar-refractivity contribution in [1.29, 1.82) is 0 Å². The zero-order valence-electron chi connectivity index (χ0n) is 9.61.